The number of allylic oxidation sites excluding steroid dienone is 4. The molecule has 6 heteroatoms. The first-order valence-corrected chi connectivity index (χ1v) is 6.94. The Morgan fingerprint density at radius 2 is 1.17 bits per heavy atom. The van der Waals surface area contributed by atoms with Crippen LogP contribution in [-0.4, -0.2) is 23.9 Å². The number of rotatable bonds is 0. The number of nitrogens with zero attached hydrogens (tertiary/aromatic N) is 4. The summed E-state index contributed by atoms with van der Waals surface area (Å²) in [5, 5.41) is 20.2. The van der Waals surface area contributed by atoms with Crippen LogP contribution < -0.4 is 0 Å². The van der Waals surface area contributed by atoms with E-state index >= 15 is 0 Å². The molecular weight excluding hydrogens is 264 g/mol. The monoisotopic (exact) mass is 276 g/mol. The summed E-state index contributed by atoms with van der Waals surface area (Å²) in [7, 11) is 3.90. The maximum Gasteiger partial charge on any atom is 0.112 e. The highest BCUT2D eigenvalue weighted by Gasteiger charge is 2.32. The molecule has 2 aliphatic rings. The fourth-order valence-electron chi connectivity index (χ4n) is 1.67. The van der Waals surface area contributed by atoms with Gasteiger partial charge in [-0.2, -0.15) is 10.5 Å². The van der Waals surface area contributed by atoms with Gasteiger partial charge in [-0.1, -0.05) is 23.5 Å². The van der Waals surface area contributed by atoms with E-state index in [4.69, 9.17) is 10.5 Å². The van der Waals surface area contributed by atoms with Crippen LogP contribution in [0.1, 0.15) is 13.8 Å². The third-order valence-electron chi connectivity index (χ3n) is 3.06. The van der Waals surface area contributed by atoms with Gasteiger partial charge in [0.05, 0.1) is 0 Å². The molecule has 0 unspecified atom stereocenters. The first-order valence-electron chi connectivity index (χ1n) is 5.30. The number of hydrogen-bond donors (Lipinski definition) is 0. The standard InChI is InChI=1S/C12H12N4S2/c1-7-9(5-13)17-11(15(7)3)12-16(4)8(2)10(6-14)18-12/h1-4H3/b12-11-. The molecule has 0 saturated heterocycles. The summed E-state index contributed by atoms with van der Waals surface area (Å²) in [6.07, 6.45) is 0. The molecule has 0 aromatic rings. The van der Waals surface area contributed by atoms with Crippen molar-refractivity contribution in [3.63, 3.8) is 0 Å². The highest BCUT2D eigenvalue weighted by molar-refractivity contribution is 8.10. The first kappa shape index (κ1) is 12.9. The van der Waals surface area contributed by atoms with Crippen LogP contribution in [0.2, 0.25) is 0 Å². The highest BCUT2D eigenvalue weighted by atomic mass is 32.2. The van der Waals surface area contributed by atoms with Crippen molar-refractivity contribution in [1.82, 2.24) is 9.80 Å². The molecule has 2 rings (SSSR count). The summed E-state index contributed by atoms with van der Waals surface area (Å²) >= 11 is 2.94. The van der Waals surface area contributed by atoms with Crippen LogP contribution in [-0.2, 0) is 0 Å². The van der Waals surface area contributed by atoms with Crippen LogP contribution >= 0.6 is 23.5 Å². The van der Waals surface area contributed by atoms with Gasteiger partial charge in [0.1, 0.15) is 32.0 Å². The van der Waals surface area contributed by atoms with Gasteiger partial charge < -0.3 is 9.80 Å². The van der Waals surface area contributed by atoms with E-state index < -0.39 is 0 Å². The van der Waals surface area contributed by atoms with Crippen LogP contribution in [0.25, 0.3) is 0 Å². The molecule has 0 N–H and O–H groups in total. The summed E-state index contributed by atoms with van der Waals surface area (Å²) in [5.41, 5.74) is 1.92. The Morgan fingerprint density at radius 1 is 0.833 bits per heavy atom. The van der Waals surface area contributed by atoms with Crippen molar-refractivity contribution in [1.29, 1.82) is 10.5 Å². The number of nitriles is 2. The zero-order valence-corrected chi connectivity index (χ0v) is 12.2. The Balaban J connectivity index is 2.40. The second kappa shape index (κ2) is 4.64. The average molecular weight is 276 g/mol. The van der Waals surface area contributed by atoms with E-state index in [2.05, 4.69) is 12.1 Å². The third-order valence-corrected chi connectivity index (χ3v) is 5.69. The molecule has 0 bridgehead atoms. The fraction of sp³-hybridized carbons (Fsp3) is 0.333. The minimum atomic E-state index is 0.720. The van der Waals surface area contributed by atoms with E-state index in [9.17, 15) is 0 Å². The van der Waals surface area contributed by atoms with Crippen LogP contribution in [0.5, 0.6) is 0 Å². The van der Waals surface area contributed by atoms with Crippen LogP contribution in [0.4, 0.5) is 0 Å². The average Bonchev–Trinajstić information content (AvgIpc) is 2.81. The van der Waals surface area contributed by atoms with Gasteiger partial charge in [-0.25, -0.2) is 0 Å². The number of thioether (sulfide) groups is 2. The largest absolute Gasteiger partial charge is 0.339 e. The lowest BCUT2D eigenvalue weighted by Gasteiger charge is -2.21. The van der Waals surface area contributed by atoms with Gasteiger partial charge in [-0.3, -0.25) is 0 Å². The lowest BCUT2D eigenvalue weighted by atomic mass is 10.4. The van der Waals surface area contributed by atoms with Crippen molar-refractivity contribution in [3.8, 4) is 12.1 Å². The maximum atomic E-state index is 9.07. The van der Waals surface area contributed by atoms with Gasteiger partial charge >= 0.3 is 0 Å². The van der Waals surface area contributed by atoms with E-state index in [0.29, 0.717) is 0 Å². The topological polar surface area (TPSA) is 54.1 Å². The van der Waals surface area contributed by atoms with E-state index in [0.717, 1.165) is 31.3 Å². The lowest BCUT2D eigenvalue weighted by molar-refractivity contribution is 0.510. The fourth-order valence-corrected chi connectivity index (χ4v) is 3.96. The van der Waals surface area contributed by atoms with Crippen molar-refractivity contribution >= 4 is 23.5 Å². The van der Waals surface area contributed by atoms with E-state index in [1.165, 1.54) is 23.5 Å². The molecule has 0 amide bonds. The second-order valence-electron chi connectivity index (χ2n) is 3.99. The summed E-state index contributed by atoms with van der Waals surface area (Å²) < 4.78 is 0. The van der Waals surface area contributed by atoms with E-state index in [1.807, 2.05) is 37.7 Å². The van der Waals surface area contributed by atoms with E-state index in [1.54, 1.807) is 0 Å². The molecular formula is C12H12N4S2. The summed E-state index contributed by atoms with van der Waals surface area (Å²) in [6, 6.07) is 4.42. The van der Waals surface area contributed by atoms with Crippen molar-refractivity contribution in [2.24, 2.45) is 0 Å². The van der Waals surface area contributed by atoms with Crippen LogP contribution in [0, 0.1) is 22.7 Å². The molecule has 18 heavy (non-hydrogen) atoms. The van der Waals surface area contributed by atoms with Gasteiger partial charge in [0.25, 0.3) is 0 Å². The lowest BCUT2D eigenvalue weighted by Crippen LogP contribution is -2.16. The van der Waals surface area contributed by atoms with Gasteiger partial charge in [-0.05, 0) is 13.8 Å². The maximum absolute atomic E-state index is 9.07. The molecule has 0 fully saturated rings. The Hall–Kier alpha value is -1.50. The molecule has 2 aliphatic heterocycles. The third kappa shape index (κ3) is 1.78. The predicted molar refractivity (Wildman–Crippen MR) is 74.4 cm³/mol. The van der Waals surface area contributed by atoms with Crippen molar-refractivity contribution < 1.29 is 0 Å². The highest BCUT2D eigenvalue weighted by Crippen LogP contribution is 2.49. The van der Waals surface area contributed by atoms with Crippen LogP contribution in [0.3, 0.4) is 0 Å². The Kier molecular flexibility index (Phi) is 3.34. The zero-order chi connectivity index (χ0) is 13.4. The Labute approximate surface area is 115 Å². The molecule has 0 saturated carbocycles. The normalized spacial score (nSPS) is 23.9. The molecule has 0 aliphatic carbocycles. The first-order chi connectivity index (χ1) is 8.51. The molecule has 92 valence electrons. The smallest absolute Gasteiger partial charge is 0.112 e. The summed E-state index contributed by atoms with van der Waals surface area (Å²) in [4.78, 5) is 5.46. The SMILES string of the molecule is CC1=C(C#N)S/C(=C2\SC(C#N)=C(C)N2C)N1C. The van der Waals surface area contributed by atoms with Gasteiger partial charge in [-0.15, -0.1) is 0 Å². The molecule has 0 spiro atoms. The molecule has 2 heterocycles. The summed E-state index contributed by atoms with van der Waals surface area (Å²) in [5.74, 6) is 0. The quantitative estimate of drug-likeness (QED) is 0.678. The van der Waals surface area contributed by atoms with Gasteiger partial charge in [0, 0.05) is 25.5 Å². The van der Waals surface area contributed by atoms with Crippen LogP contribution in [0.15, 0.2) is 31.3 Å². The van der Waals surface area contributed by atoms with Crippen molar-refractivity contribution in [2.75, 3.05) is 14.1 Å². The molecule has 0 aromatic heterocycles. The van der Waals surface area contributed by atoms with E-state index in [-0.39, 0.29) is 0 Å². The van der Waals surface area contributed by atoms with Crippen molar-refractivity contribution in [2.45, 2.75) is 13.8 Å². The molecule has 0 aromatic carbocycles. The summed E-state index contributed by atoms with van der Waals surface area (Å²) in [6.45, 7) is 3.87. The zero-order valence-electron chi connectivity index (χ0n) is 10.6. The minimum Gasteiger partial charge on any atom is -0.339 e. The molecule has 0 radical (unpaired) electrons. The second-order valence-corrected chi connectivity index (χ2v) is 5.98. The van der Waals surface area contributed by atoms with Crippen molar-refractivity contribution in [3.05, 3.63) is 31.3 Å². The number of hydrogen-bond acceptors (Lipinski definition) is 6. The van der Waals surface area contributed by atoms with Gasteiger partial charge in [0.2, 0.25) is 0 Å². The Bertz CT molecular complexity index is 534. The van der Waals surface area contributed by atoms with Gasteiger partial charge in [0.15, 0.2) is 0 Å². The Morgan fingerprint density at radius 3 is 1.39 bits per heavy atom. The predicted octanol–water partition coefficient (Wildman–Crippen LogP) is 2.98. The molecule has 0 atom stereocenters. The molecule has 4 nitrogen and oxygen atoms in total. The minimum absolute atomic E-state index is 0.720.